The number of imidazole rings is 1. The van der Waals surface area contributed by atoms with Crippen molar-refractivity contribution < 1.29 is 19.4 Å². The van der Waals surface area contributed by atoms with E-state index in [2.05, 4.69) is 18.8 Å². The molecule has 1 aliphatic heterocycles. The van der Waals surface area contributed by atoms with Crippen LogP contribution in [0.5, 0.6) is 6.01 Å². The minimum Gasteiger partial charge on any atom is -0.462 e. The highest BCUT2D eigenvalue weighted by molar-refractivity contribution is 6.05. The van der Waals surface area contributed by atoms with Crippen LogP contribution in [0, 0.1) is 11.8 Å². The second kappa shape index (κ2) is 9.35. The molecule has 1 atom stereocenters. The smallest absolute Gasteiger partial charge is 0.297 e. The molecule has 27 heavy (non-hydrogen) atoms. The summed E-state index contributed by atoms with van der Waals surface area (Å²) >= 11 is 0. The molecule has 7 nitrogen and oxygen atoms in total. The molecule has 1 aliphatic rings. The van der Waals surface area contributed by atoms with Crippen LogP contribution in [0.25, 0.3) is 0 Å². The summed E-state index contributed by atoms with van der Waals surface area (Å²) in [5, 5.41) is 9.17. The number of rotatable bonds is 8. The van der Waals surface area contributed by atoms with Crippen molar-refractivity contribution in [3.8, 4) is 6.01 Å². The van der Waals surface area contributed by atoms with Crippen molar-refractivity contribution in [3.63, 3.8) is 0 Å². The van der Waals surface area contributed by atoms with Crippen LogP contribution in [0.3, 0.4) is 0 Å². The molecular weight excluding hydrogens is 346 g/mol. The van der Waals surface area contributed by atoms with Gasteiger partial charge in [0, 0.05) is 25.6 Å². The summed E-state index contributed by atoms with van der Waals surface area (Å²) in [5.74, 6) is -0.297. The van der Waals surface area contributed by atoms with Gasteiger partial charge in [-0.1, -0.05) is 20.8 Å². The fourth-order valence-electron chi connectivity index (χ4n) is 3.20. The third kappa shape index (κ3) is 5.09. The molecule has 7 heteroatoms. The second-order valence-corrected chi connectivity index (χ2v) is 8.00. The molecule has 0 saturated carbocycles. The summed E-state index contributed by atoms with van der Waals surface area (Å²) in [4.78, 5) is 32.0. The number of aryl methyl sites for hydroxylation is 1. The Morgan fingerprint density at radius 1 is 1.22 bits per heavy atom. The zero-order valence-electron chi connectivity index (χ0n) is 17.2. The molecule has 0 bridgehead atoms. The average Bonchev–Trinajstić information content (AvgIpc) is 2.93. The lowest BCUT2D eigenvalue weighted by molar-refractivity contribution is -0.132. The van der Waals surface area contributed by atoms with Crippen molar-refractivity contribution in [2.45, 2.75) is 73.0 Å². The fraction of sp³-hybridized carbons (Fsp3) is 0.750. The van der Waals surface area contributed by atoms with Crippen LogP contribution < -0.4 is 4.74 Å². The zero-order chi connectivity index (χ0) is 20.1. The summed E-state index contributed by atoms with van der Waals surface area (Å²) < 4.78 is 7.73. The zero-order valence-corrected chi connectivity index (χ0v) is 17.2. The second-order valence-electron chi connectivity index (χ2n) is 8.00. The number of hydrogen-bond donors (Lipinski definition) is 1. The SMILES string of the molecule is CC(C)CCn1c(OC(C)C)nc2c1C(=O)N(CCCO)C(=O)C(C)CC2. The number of imide groups is 1. The number of amides is 2. The van der Waals surface area contributed by atoms with Crippen LogP contribution in [-0.2, 0) is 17.8 Å². The van der Waals surface area contributed by atoms with Gasteiger partial charge in [-0.3, -0.25) is 19.1 Å². The first-order valence-electron chi connectivity index (χ1n) is 9.98. The van der Waals surface area contributed by atoms with Crippen molar-refractivity contribution >= 4 is 11.8 Å². The van der Waals surface area contributed by atoms with E-state index in [4.69, 9.17) is 4.74 Å². The molecule has 0 saturated heterocycles. The Morgan fingerprint density at radius 2 is 1.93 bits per heavy atom. The van der Waals surface area contributed by atoms with E-state index < -0.39 is 0 Å². The van der Waals surface area contributed by atoms with Crippen molar-refractivity contribution in [3.05, 3.63) is 11.4 Å². The molecule has 1 aromatic heterocycles. The van der Waals surface area contributed by atoms with Crippen molar-refractivity contribution in [1.29, 1.82) is 0 Å². The first kappa shape index (κ1) is 21.4. The maximum absolute atomic E-state index is 13.3. The Balaban J connectivity index is 2.50. The van der Waals surface area contributed by atoms with Gasteiger partial charge in [0.1, 0.15) is 5.69 Å². The normalized spacial score (nSPS) is 18.1. The molecule has 1 aromatic rings. The van der Waals surface area contributed by atoms with E-state index >= 15 is 0 Å². The van der Waals surface area contributed by atoms with E-state index in [0.29, 0.717) is 49.1 Å². The number of carbonyl (C=O) groups is 2. The Hall–Kier alpha value is -1.89. The Bertz CT molecular complexity index is 666. The Morgan fingerprint density at radius 3 is 2.52 bits per heavy atom. The van der Waals surface area contributed by atoms with E-state index in [1.807, 2.05) is 25.3 Å². The standard InChI is InChI=1S/C20H33N3O4/c1-13(2)9-11-22-17-16(21-20(22)27-14(3)4)8-7-15(5)18(25)23(19(17)26)10-6-12-24/h13-15,24H,6-12H2,1-5H3. The number of ether oxygens (including phenoxy) is 1. The number of aliphatic hydroxyl groups excluding tert-OH is 1. The number of nitrogens with zero attached hydrogens (tertiary/aromatic N) is 3. The van der Waals surface area contributed by atoms with Gasteiger partial charge < -0.3 is 9.84 Å². The van der Waals surface area contributed by atoms with Gasteiger partial charge in [0.05, 0.1) is 11.8 Å². The third-order valence-electron chi connectivity index (χ3n) is 4.77. The predicted octanol–water partition coefficient (Wildman–Crippen LogP) is 2.65. The van der Waals surface area contributed by atoms with Gasteiger partial charge in [-0.15, -0.1) is 0 Å². The van der Waals surface area contributed by atoms with E-state index in [1.165, 1.54) is 4.90 Å². The number of fused-ring (bicyclic) bond motifs is 1. The molecule has 0 aromatic carbocycles. The maximum atomic E-state index is 13.3. The molecular formula is C20H33N3O4. The number of hydrogen-bond acceptors (Lipinski definition) is 5. The molecule has 0 fully saturated rings. The lowest BCUT2D eigenvalue weighted by Crippen LogP contribution is -2.43. The van der Waals surface area contributed by atoms with Crippen LogP contribution in [0.1, 0.15) is 70.1 Å². The summed E-state index contributed by atoms with van der Waals surface area (Å²) in [6, 6.07) is 0.452. The van der Waals surface area contributed by atoms with Gasteiger partial charge in [0.25, 0.3) is 11.9 Å². The van der Waals surface area contributed by atoms with Gasteiger partial charge in [-0.05, 0) is 45.4 Å². The monoisotopic (exact) mass is 379 g/mol. The quantitative estimate of drug-likeness (QED) is 0.702. The summed E-state index contributed by atoms with van der Waals surface area (Å²) in [6.45, 7) is 10.7. The van der Waals surface area contributed by atoms with Crippen LogP contribution in [0.15, 0.2) is 0 Å². The number of aromatic nitrogens is 2. The number of aliphatic hydroxyl groups is 1. The minimum absolute atomic E-state index is 0.0582. The maximum Gasteiger partial charge on any atom is 0.297 e. The van der Waals surface area contributed by atoms with Crippen LogP contribution in [-0.4, -0.2) is 50.6 Å². The fourth-order valence-corrected chi connectivity index (χ4v) is 3.20. The minimum atomic E-state index is -0.329. The van der Waals surface area contributed by atoms with Crippen molar-refractivity contribution in [2.75, 3.05) is 13.2 Å². The van der Waals surface area contributed by atoms with Gasteiger partial charge in [0.2, 0.25) is 5.91 Å². The van der Waals surface area contributed by atoms with E-state index in [9.17, 15) is 14.7 Å². The predicted molar refractivity (Wildman–Crippen MR) is 103 cm³/mol. The van der Waals surface area contributed by atoms with Crippen LogP contribution in [0.4, 0.5) is 0 Å². The first-order valence-corrected chi connectivity index (χ1v) is 9.98. The highest BCUT2D eigenvalue weighted by atomic mass is 16.5. The molecule has 2 amide bonds. The highest BCUT2D eigenvalue weighted by Gasteiger charge is 2.35. The van der Waals surface area contributed by atoms with Crippen molar-refractivity contribution in [1.82, 2.24) is 14.5 Å². The van der Waals surface area contributed by atoms with Gasteiger partial charge in [-0.2, -0.15) is 4.98 Å². The molecule has 1 unspecified atom stereocenters. The molecule has 0 aliphatic carbocycles. The average molecular weight is 380 g/mol. The lowest BCUT2D eigenvalue weighted by Gasteiger charge is -2.27. The topological polar surface area (TPSA) is 84.7 Å². The van der Waals surface area contributed by atoms with Crippen LogP contribution >= 0.6 is 0 Å². The van der Waals surface area contributed by atoms with Crippen molar-refractivity contribution in [2.24, 2.45) is 11.8 Å². The number of carbonyl (C=O) groups excluding carboxylic acids is 2. The third-order valence-corrected chi connectivity index (χ3v) is 4.77. The Kier molecular flexibility index (Phi) is 7.41. The molecule has 2 heterocycles. The largest absolute Gasteiger partial charge is 0.462 e. The van der Waals surface area contributed by atoms with E-state index in [-0.39, 0.29) is 37.0 Å². The summed E-state index contributed by atoms with van der Waals surface area (Å²) in [7, 11) is 0. The molecule has 1 N–H and O–H groups in total. The van der Waals surface area contributed by atoms with E-state index in [0.717, 1.165) is 6.42 Å². The highest BCUT2D eigenvalue weighted by Crippen LogP contribution is 2.28. The molecule has 0 radical (unpaired) electrons. The first-order chi connectivity index (χ1) is 12.8. The summed E-state index contributed by atoms with van der Waals surface area (Å²) in [5.41, 5.74) is 1.16. The van der Waals surface area contributed by atoms with Crippen LogP contribution in [0.2, 0.25) is 0 Å². The van der Waals surface area contributed by atoms with Gasteiger partial charge in [0.15, 0.2) is 0 Å². The van der Waals surface area contributed by atoms with Gasteiger partial charge in [-0.25, -0.2) is 0 Å². The van der Waals surface area contributed by atoms with E-state index in [1.54, 1.807) is 0 Å². The Labute approximate surface area is 161 Å². The molecule has 0 spiro atoms. The molecule has 152 valence electrons. The summed E-state index contributed by atoms with van der Waals surface area (Å²) in [6.07, 6.45) is 2.40. The van der Waals surface area contributed by atoms with Gasteiger partial charge >= 0.3 is 0 Å². The lowest BCUT2D eigenvalue weighted by atomic mass is 9.98. The molecule has 2 rings (SSSR count).